The third-order valence-electron chi connectivity index (χ3n) is 6.80. The van der Waals surface area contributed by atoms with Crippen LogP contribution in [0.3, 0.4) is 0 Å². The lowest BCUT2D eigenvalue weighted by atomic mass is 9.72. The van der Waals surface area contributed by atoms with Crippen molar-refractivity contribution in [2.75, 3.05) is 44.2 Å². The molecule has 33 heavy (non-hydrogen) atoms. The van der Waals surface area contributed by atoms with E-state index < -0.39 is 24.5 Å². The van der Waals surface area contributed by atoms with Gasteiger partial charge >= 0.3 is 18.4 Å². The summed E-state index contributed by atoms with van der Waals surface area (Å²) >= 11 is 0. The van der Waals surface area contributed by atoms with Crippen LogP contribution in [0.1, 0.15) is 31.2 Å². The summed E-state index contributed by atoms with van der Waals surface area (Å²) in [5.74, 6) is 0. The Hall–Kier alpha value is -2.17. The fourth-order valence-corrected chi connectivity index (χ4v) is 5.07. The number of nitrogens with zero attached hydrogens (tertiary/aromatic N) is 3. The maximum absolute atomic E-state index is 12.6. The van der Waals surface area contributed by atoms with Crippen molar-refractivity contribution >= 4 is 11.8 Å². The normalized spacial score (nSPS) is 21.5. The van der Waals surface area contributed by atoms with E-state index >= 15 is 0 Å². The van der Waals surface area contributed by atoms with Gasteiger partial charge in [-0.25, -0.2) is 4.79 Å². The maximum atomic E-state index is 12.6. The number of likely N-dealkylation sites (tertiary alicyclic amines) is 2. The molecule has 0 N–H and O–H groups in total. The molecule has 0 atom stereocenters. The molecule has 0 aromatic heterocycles. The molecule has 1 aromatic carbocycles. The Balaban J connectivity index is 1.25. The van der Waals surface area contributed by atoms with Crippen LogP contribution < -0.4 is 4.90 Å². The van der Waals surface area contributed by atoms with Crippen LogP contribution in [0, 0.1) is 5.41 Å². The van der Waals surface area contributed by atoms with E-state index in [4.69, 9.17) is 0 Å². The molecule has 0 unspecified atom stereocenters. The average molecular weight is 479 g/mol. The highest BCUT2D eigenvalue weighted by atomic mass is 19.4. The second kappa shape index (κ2) is 8.88. The molecular weight excluding hydrogens is 452 g/mol. The topological polar surface area (TPSA) is 36.0 Å². The van der Waals surface area contributed by atoms with Crippen molar-refractivity contribution in [1.29, 1.82) is 0 Å². The number of halogens is 6. The second-order valence-electron chi connectivity index (χ2n) is 9.34. The first-order chi connectivity index (χ1) is 15.5. The highest BCUT2D eigenvalue weighted by molar-refractivity contribution is 5.68. The summed E-state index contributed by atoms with van der Waals surface area (Å²) in [5.41, 5.74) is 2.38. The zero-order valence-electron chi connectivity index (χ0n) is 18.1. The Morgan fingerprint density at radius 2 is 1.58 bits per heavy atom. The minimum Gasteiger partial charge on any atom is -0.426 e. The van der Waals surface area contributed by atoms with Gasteiger partial charge in [0.25, 0.3) is 6.10 Å². The first kappa shape index (κ1) is 24.0. The molecule has 184 valence electrons. The molecule has 3 aliphatic heterocycles. The highest BCUT2D eigenvalue weighted by Gasteiger charge is 2.60. The van der Waals surface area contributed by atoms with Gasteiger partial charge in [0.05, 0.1) is 0 Å². The van der Waals surface area contributed by atoms with Crippen molar-refractivity contribution in [1.82, 2.24) is 9.80 Å². The fourth-order valence-electron chi connectivity index (χ4n) is 5.07. The molecular formula is C22H27F6N3O2. The first-order valence-electron chi connectivity index (χ1n) is 11.1. The SMILES string of the molecule is O=C(OC(C(F)(F)F)C(F)(F)F)N1CCC2(CC1)CN(Cc1cccc(N3CCCC3)c1)C2. The third-order valence-corrected chi connectivity index (χ3v) is 6.80. The predicted octanol–water partition coefficient (Wildman–Crippen LogP) is 4.81. The molecule has 3 fully saturated rings. The summed E-state index contributed by atoms with van der Waals surface area (Å²) in [4.78, 5) is 17.5. The monoisotopic (exact) mass is 479 g/mol. The van der Waals surface area contributed by atoms with Gasteiger partial charge in [0.15, 0.2) is 0 Å². The molecule has 0 aliphatic carbocycles. The number of hydrogen-bond acceptors (Lipinski definition) is 4. The van der Waals surface area contributed by atoms with Crippen molar-refractivity contribution in [2.45, 2.75) is 50.7 Å². The largest absolute Gasteiger partial charge is 0.434 e. The number of alkyl halides is 6. The smallest absolute Gasteiger partial charge is 0.426 e. The van der Waals surface area contributed by atoms with Gasteiger partial charge in [-0.1, -0.05) is 12.1 Å². The van der Waals surface area contributed by atoms with E-state index in [0.717, 1.165) is 37.6 Å². The zero-order chi connectivity index (χ0) is 23.9. The molecule has 1 amide bonds. The van der Waals surface area contributed by atoms with Crippen molar-refractivity contribution < 1.29 is 35.9 Å². The lowest BCUT2D eigenvalue weighted by Crippen LogP contribution is -2.60. The predicted molar refractivity (Wildman–Crippen MR) is 109 cm³/mol. The number of amides is 1. The van der Waals surface area contributed by atoms with Crippen LogP contribution in [0.4, 0.5) is 36.8 Å². The van der Waals surface area contributed by atoms with E-state index in [1.165, 1.54) is 24.1 Å². The molecule has 3 aliphatic rings. The van der Waals surface area contributed by atoms with E-state index in [0.29, 0.717) is 12.8 Å². The summed E-state index contributed by atoms with van der Waals surface area (Å²) in [6.45, 7) is 4.67. The Morgan fingerprint density at radius 1 is 0.970 bits per heavy atom. The summed E-state index contributed by atoms with van der Waals surface area (Å²) in [6, 6.07) is 8.45. The molecule has 3 saturated heterocycles. The van der Waals surface area contributed by atoms with Crippen LogP contribution in [-0.2, 0) is 11.3 Å². The lowest BCUT2D eigenvalue weighted by molar-refractivity contribution is -0.308. The number of hydrogen-bond donors (Lipinski definition) is 0. The summed E-state index contributed by atoms with van der Waals surface area (Å²) in [6.07, 6.45) is -13.6. The van der Waals surface area contributed by atoms with Gasteiger partial charge in [-0.3, -0.25) is 4.90 Å². The second-order valence-corrected chi connectivity index (χ2v) is 9.34. The van der Waals surface area contributed by atoms with E-state index in [1.807, 2.05) is 0 Å². The number of carbonyl (C=O) groups excluding carboxylic acids is 1. The number of piperidine rings is 1. The zero-order valence-corrected chi connectivity index (χ0v) is 18.1. The van der Waals surface area contributed by atoms with Crippen molar-refractivity contribution in [2.24, 2.45) is 5.41 Å². The van der Waals surface area contributed by atoms with Gasteiger partial charge in [0.2, 0.25) is 0 Å². The van der Waals surface area contributed by atoms with Gasteiger partial charge in [0.1, 0.15) is 0 Å². The minimum absolute atomic E-state index is 0.0587. The van der Waals surface area contributed by atoms with Crippen LogP contribution in [0.2, 0.25) is 0 Å². The molecule has 0 radical (unpaired) electrons. The van der Waals surface area contributed by atoms with E-state index in [9.17, 15) is 31.1 Å². The number of anilines is 1. The Labute approximate surface area is 188 Å². The molecule has 11 heteroatoms. The van der Waals surface area contributed by atoms with Crippen LogP contribution in [0.5, 0.6) is 0 Å². The molecule has 0 bridgehead atoms. The van der Waals surface area contributed by atoms with E-state index in [-0.39, 0.29) is 18.5 Å². The van der Waals surface area contributed by atoms with E-state index in [2.05, 4.69) is 38.8 Å². The van der Waals surface area contributed by atoms with Crippen LogP contribution in [0.15, 0.2) is 24.3 Å². The van der Waals surface area contributed by atoms with Crippen LogP contribution >= 0.6 is 0 Å². The van der Waals surface area contributed by atoms with Crippen molar-refractivity contribution in [3.05, 3.63) is 29.8 Å². The number of rotatable bonds is 4. The molecule has 1 aromatic rings. The van der Waals surface area contributed by atoms with Crippen molar-refractivity contribution in [3.8, 4) is 0 Å². The minimum atomic E-state index is -5.70. The van der Waals surface area contributed by atoms with Gasteiger partial charge in [-0.15, -0.1) is 0 Å². The Bertz CT molecular complexity index is 823. The van der Waals surface area contributed by atoms with E-state index in [1.54, 1.807) is 0 Å². The third kappa shape index (κ3) is 5.50. The molecule has 3 heterocycles. The summed E-state index contributed by atoms with van der Waals surface area (Å²) in [7, 11) is 0. The van der Waals surface area contributed by atoms with Crippen LogP contribution in [0.25, 0.3) is 0 Å². The Morgan fingerprint density at radius 3 is 2.15 bits per heavy atom. The number of benzene rings is 1. The van der Waals surface area contributed by atoms with Gasteiger partial charge in [-0.05, 0) is 48.8 Å². The summed E-state index contributed by atoms with van der Waals surface area (Å²) in [5, 5.41) is 0. The number of ether oxygens (including phenoxy) is 1. The van der Waals surface area contributed by atoms with Crippen molar-refractivity contribution in [3.63, 3.8) is 0 Å². The first-order valence-corrected chi connectivity index (χ1v) is 11.1. The number of carbonyl (C=O) groups is 1. The Kier molecular flexibility index (Phi) is 6.45. The van der Waals surface area contributed by atoms with Gasteiger partial charge in [0, 0.05) is 51.5 Å². The maximum Gasteiger partial charge on any atom is 0.434 e. The fraction of sp³-hybridized carbons (Fsp3) is 0.682. The summed E-state index contributed by atoms with van der Waals surface area (Å²) < 4.78 is 79.7. The molecule has 0 saturated carbocycles. The molecule has 5 nitrogen and oxygen atoms in total. The molecule has 4 rings (SSSR count). The molecule has 1 spiro atoms. The highest BCUT2D eigenvalue weighted by Crippen LogP contribution is 2.42. The lowest BCUT2D eigenvalue weighted by Gasteiger charge is -2.54. The van der Waals surface area contributed by atoms with Crippen LogP contribution in [-0.4, -0.2) is 73.6 Å². The van der Waals surface area contributed by atoms with Gasteiger partial charge in [-0.2, -0.15) is 26.3 Å². The quantitative estimate of drug-likeness (QED) is 0.581. The van der Waals surface area contributed by atoms with Gasteiger partial charge < -0.3 is 14.5 Å². The average Bonchev–Trinajstić information content (AvgIpc) is 3.25. The standard InChI is InChI=1S/C22H27F6N3O2/c23-21(24,25)18(22(26,27)28)33-19(32)31-10-6-20(7-11-31)14-29(15-20)13-16-4-3-5-17(12-16)30-8-1-2-9-30/h3-5,12,18H,1-2,6-11,13-15H2.